The summed E-state index contributed by atoms with van der Waals surface area (Å²) >= 11 is 0. The van der Waals surface area contributed by atoms with E-state index in [0.717, 1.165) is 47.2 Å². The fourth-order valence-corrected chi connectivity index (χ4v) is 4.47. The van der Waals surface area contributed by atoms with Crippen LogP contribution in [0.4, 0.5) is 5.69 Å². The van der Waals surface area contributed by atoms with Crippen LogP contribution in [0.2, 0.25) is 0 Å². The summed E-state index contributed by atoms with van der Waals surface area (Å²) in [6.45, 7) is 4.92. The maximum Gasteiger partial charge on any atom is 0.272 e. The molecule has 7 heteroatoms. The second-order valence-electron chi connectivity index (χ2n) is 8.65. The van der Waals surface area contributed by atoms with E-state index in [-0.39, 0.29) is 5.91 Å². The molecule has 1 fully saturated rings. The minimum Gasteiger partial charge on any atom is -0.497 e. The fraction of sp³-hybridized carbons (Fsp3) is 0.259. The Morgan fingerprint density at radius 2 is 1.68 bits per heavy atom. The number of nitrogens with zero attached hydrogens (tertiary/aromatic N) is 5. The van der Waals surface area contributed by atoms with Crippen molar-refractivity contribution in [2.45, 2.75) is 6.92 Å². The minimum atomic E-state index is 0.00356. The highest BCUT2D eigenvalue weighted by Gasteiger charge is 2.27. The van der Waals surface area contributed by atoms with Gasteiger partial charge in [0.25, 0.3) is 5.91 Å². The molecule has 2 aromatic heterocycles. The van der Waals surface area contributed by atoms with E-state index in [1.165, 1.54) is 0 Å². The Balaban J connectivity index is 1.41. The summed E-state index contributed by atoms with van der Waals surface area (Å²) in [5.74, 6) is 0.847. The molecule has 1 saturated heterocycles. The molecule has 0 unspecified atom stereocenters. The van der Waals surface area contributed by atoms with Gasteiger partial charge in [-0.2, -0.15) is 5.10 Å². The van der Waals surface area contributed by atoms with E-state index < -0.39 is 0 Å². The smallest absolute Gasteiger partial charge is 0.272 e. The lowest BCUT2D eigenvalue weighted by atomic mass is 10.2. The van der Waals surface area contributed by atoms with Crippen LogP contribution >= 0.6 is 0 Å². The van der Waals surface area contributed by atoms with Crippen LogP contribution in [0.3, 0.4) is 0 Å². The average Bonchev–Trinajstić information content (AvgIpc) is 3.50. The van der Waals surface area contributed by atoms with Gasteiger partial charge in [0.05, 0.1) is 18.5 Å². The van der Waals surface area contributed by atoms with Crippen molar-refractivity contribution in [3.8, 4) is 22.8 Å². The van der Waals surface area contributed by atoms with Gasteiger partial charge in [-0.1, -0.05) is 12.1 Å². The molecule has 4 aromatic rings. The number of aryl methyl sites for hydroxylation is 2. The molecule has 1 aliphatic heterocycles. The molecular formula is C27H29N5O2. The van der Waals surface area contributed by atoms with E-state index in [9.17, 15) is 4.79 Å². The van der Waals surface area contributed by atoms with E-state index in [1.54, 1.807) is 11.8 Å². The van der Waals surface area contributed by atoms with Gasteiger partial charge in [-0.15, -0.1) is 0 Å². The van der Waals surface area contributed by atoms with Crippen LogP contribution in [-0.4, -0.2) is 58.4 Å². The van der Waals surface area contributed by atoms with Gasteiger partial charge >= 0.3 is 0 Å². The zero-order chi connectivity index (χ0) is 23.7. The standard InChI is InChI=1S/C27H29N5O2/c1-20-6-4-7-22(18-20)32-26(19-24(28-32)25-8-5-13-29(25)2)27(33)31-16-14-30(15-17-31)21-9-11-23(34-3)12-10-21/h4-13,18-19H,14-17H2,1-3H3. The topological polar surface area (TPSA) is 55.5 Å². The number of hydrogen-bond donors (Lipinski definition) is 0. The van der Waals surface area contributed by atoms with Crippen molar-refractivity contribution < 1.29 is 9.53 Å². The number of carbonyl (C=O) groups is 1. The number of aromatic nitrogens is 3. The van der Waals surface area contributed by atoms with Crippen LogP contribution < -0.4 is 9.64 Å². The highest BCUT2D eigenvalue weighted by Crippen LogP contribution is 2.25. The van der Waals surface area contributed by atoms with Gasteiger partial charge in [-0.05, 0) is 67.1 Å². The van der Waals surface area contributed by atoms with Crippen LogP contribution in [0, 0.1) is 6.92 Å². The Kier molecular flexibility index (Phi) is 5.84. The summed E-state index contributed by atoms with van der Waals surface area (Å²) in [5, 5.41) is 4.85. The van der Waals surface area contributed by atoms with Crippen molar-refractivity contribution in [2.75, 3.05) is 38.2 Å². The summed E-state index contributed by atoms with van der Waals surface area (Å²) in [5.41, 5.74) is 5.50. The van der Waals surface area contributed by atoms with E-state index in [4.69, 9.17) is 9.84 Å². The van der Waals surface area contributed by atoms with Gasteiger partial charge in [-0.3, -0.25) is 4.79 Å². The lowest BCUT2D eigenvalue weighted by molar-refractivity contribution is 0.0737. The van der Waals surface area contributed by atoms with Gasteiger partial charge in [0.2, 0.25) is 0 Å². The first-order valence-corrected chi connectivity index (χ1v) is 11.5. The van der Waals surface area contributed by atoms with Crippen molar-refractivity contribution in [3.05, 3.63) is 84.2 Å². The summed E-state index contributed by atoms with van der Waals surface area (Å²) in [6, 6.07) is 22.1. The summed E-state index contributed by atoms with van der Waals surface area (Å²) in [6.07, 6.45) is 1.99. The number of methoxy groups -OCH3 is 1. The quantitative estimate of drug-likeness (QED) is 0.454. The number of amides is 1. The number of hydrogen-bond acceptors (Lipinski definition) is 4. The molecule has 0 atom stereocenters. The normalized spacial score (nSPS) is 13.9. The van der Waals surface area contributed by atoms with Crippen molar-refractivity contribution >= 4 is 11.6 Å². The molecule has 0 saturated carbocycles. The zero-order valence-electron chi connectivity index (χ0n) is 19.8. The van der Waals surface area contributed by atoms with E-state index in [1.807, 2.05) is 78.2 Å². The van der Waals surface area contributed by atoms with Gasteiger partial charge in [0.15, 0.2) is 0 Å². The molecule has 3 heterocycles. The van der Waals surface area contributed by atoms with Gasteiger partial charge in [0.1, 0.15) is 17.1 Å². The molecule has 0 radical (unpaired) electrons. The minimum absolute atomic E-state index is 0.00356. The molecule has 5 rings (SSSR count). The van der Waals surface area contributed by atoms with Crippen molar-refractivity contribution in [2.24, 2.45) is 7.05 Å². The summed E-state index contributed by atoms with van der Waals surface area (Å²) < 4.78 is 9.07. The first kappa shape index (κ1) is 21.8. The number of ether oxygens (including phenoxy) is 1. The molecule has 34 heavy (non-hydrogen) atoms. The lowest BCUT2D eigenvalue weighted by Crippen LogP contribution is -2.49. The number of piperazine rings is 1. The third kappa shape index (κ3) is 4.17. The second kappa shape index (κ2) is 9.09. The monoisotopic (exact) mass is 455 g/mol. The molecule has 0 N–H and O–H groups in total. The Hall–Kier alpha value is -4.00. The first-order valence-electron chi connectivity index (χ1n) is 11.5. The number of rotatable bonds is 5. The average molecular weight is 456 g/mol. The van der Waals surface area contributed by atoms with Crippen LogP contribution in [0.25, 0.3) is 17.1 Å². The van der Waals surface area contributed by atoms with E-state index in [0.29, 0.717) is 18.8 Å². The summed E-state index contributed by atoms with van der Waals surface area (Å²) in [4.78, 5) is 17.9. The fourth-order valence-electron chi connectivity index (χ4n) is 4.47. The van der Waals surface area contributed by atoms with Crippen LogP contribution in [0.1, 0.15) is 16.1 Å². The SMILES string of the molecule is COc1ccc(N2CCN(C(=O)c3cc(-c4cccn4C)nn3-c3cccc(C)c3)CC2)cc1. The Bertz CT molecular complexity index is 1300. The number of anilines is 1. The molecule has 7 nitrogen and oxygen atoms in total. The Morgan fingerprint density at radius 3 is 2.32 bits per heavy atom. The van der Waals surface area contributed by atoms with E-state index in [2.05, 4.69) is 23.1 Å². The second-order valence-corrected chi connectivity index (χ2v) is 8.65. The maximum atomic E-state index is 13.7. The van der Waals surface area contributed by atoms with Crippen molar-refractivity contribution in [1.29, 1.82) is 0 Å². The zero-order valence-corrected chi connectivity index (χ0v) is 19.8. The van der Waals surface area contributed by atoms with Crippen LogP contribution in [-0.2, 0) is 7.05 Å². The molecule has 0 aliphatic carbocycles. The summed E-state index contributed by atoms with van der Waals surface area (Å²) in [7, 11) is 3.66. The first-order chi connectivity index (χ1) is 16.5. The number of benzene rings is 2. The van der Waals surface area contributed by atoms with Gasteiger partial charge in [0, 0.05) is 45.1 Å². The highest BCUT2D eigenvalue weighted by molar-refractivity contribution is 5.94. The number of carbonyl (C=O) groups excluding carboxylic acids is 1. The van der Waals surface area contributed by atoms with E-state index >= 15 is 0 Å². The third-order valence-electron chi connectivity index (χ3n) is 6.39. The molecule has 0 spiro atoms. The molecule has 174 valence electrons. The van der Waals surface area contributed by atoms with Crippen LogP contribution in [0.15, 0.2) is 72.9 Å². The molecule has 1 aliphatic rings. The predicted octanol–water partition coefficient (Wildman–Crippen LogP) is 4.16. The third-order valence-corrected chi connectivity index (χ3v) is 6.39. The molecule has 2 aromatic carbocycles. The highest BCUT2D eigenvalue weighted by atomic mass is 16.5. The van der Waals surface area contributed by atoms with Crippen molar-refractivity contribution in [3.63, 3.8) is 0 Å². The Labute approximate surface area is 199 Å². The maximum absolute atomic E-state index is 13.7. The lowest BCUT2D eigenvalue weighted by Gasteiger charge is -2.36. The van der Waals surface area contributed by atoms with Gasteiger partial charge in [-0.25, -0.2) is 4.68 Å². The largest absolute Gasteiger partial charge is 0.497 e. The molecule has 1 amide bonds. The molecule has 0 bridgehead atoms. The molecular weight excluding hydrogens is 426 g/mol. The van der Waals surface area contributed by atoms with Crippen LogP contribution in [0.5, 0.6) is 5.75 Å². The van der Waals surface area contributed by atoms with Crippen molar-refractivity contribution in [1.82, 2.24) is 19.2 Å². The van der Waals surface area contributed by atoms with Gasteiger partial charge < -0.3 is 19.1 Å². The Morgan fingerprint density at radius 1 is 0.912 bits per heavy atom. The predicted molar refractivity (Wildman–Crippen MR) is 134 cm³/mol.